The van der Waals surface area contributed by atoms with Gasteiger partial charge in [-0.3, -0.25) is 4.79 Å². The molecule has 0 radical (unpaired) electrons. The van der Waals surface area contributed by atoms with Crippen LogP contribution >= 0.6 is 15.9 Å². The summed E-state index contributed by atoms with van der Waals surface area (Å²) in [6.45, 7) is 11.0. The highest BCUT2D eigenvalue weighted by atomic mass is 79.9. The maximum Gasteiger partial charge on any atom is 0.227 e. The average Bonchev–Trinajstić information content (AvgIpc) is 3.07. The molecule has 1 aromatic carbocycles. The van der Waals surface area contributed by atoms with E-state index in [1.165, 1.54) is 0 Å². The number of hydrogen-bond acceptors (Lipinski definition) is 4. The number of halogens is 1. The van der Waals surface area contributed by atoms with Crippen molar-refractivity contribution in [2.45, 2.75) is 65.3 Å². The van der Waals surface area contributed by atoms with Crippen LogP contribution in [0.25, 0.3) is 0 Å². The number of aromatic nitrogens is 2. The predicted molar refractivity (Wildman–Crippen MR) is 106 cm³/mol. The topological polar surface area (TPSA) is 59.2 Å². The monoisotopic (exact) mass is 421 g/mol. The van der Waals surface area contributed by atoms with E-state index in [-0.39, 0.29) is 17.4 Å². The fourth-order valence-corrected chi connectivity index (χ4v) is 3.39. The van der Waals surface area contributed by atoms with Crippen LogP contribution in [0.15, 0.2) is 33.3 Å². The summed E-state index contributed by atoms with van der Waals surface area (Å²) in [6, 6.07) is 8.04. The maximum atomic E-state index is 12.9. The first-order valence-electron chi connectivity index (χ1n) is 9.11. The Kier molecular flexibility index (Phi) is 6.98. The predicted octanol–water partition coefficient (Wildman–Crippen LogP) is 5.06. The molecule has 0 saturated carbocycles. The van der Waals surface area contributed by atoms with E-state index < -0.39 is 0 Å². The van der Waals surface area contributed by atoms with Crippen LogP contribution in [0.2, 0.25) is 0 Å². The Morgan fingerprint density at radius 3 is 2.58 bits per heavy atom. The van der Waals surface area contributed by atoms with Gasteiger partial charge in [0.05, 0.1) is 6.04 Å². The molecule has 26 heavy (non-hydrogen) atoms. The van der Waals surface area contributed by atoms with Crippen LogP contribution in [-0.2, 0) is 16.6 Å². The minimum Gasteiger partial charge on any atom is -0.339 e. The Balaban J connectivity index is 2.06. The zero-order valence-electron chi connectivity index (χ0n) is 16.3. The van der Waals surface area contributed by atoms with Gasteiger partial charge in [-0.25, -0.2) is 0 Å². The van der Waals surface area contributed by atoms with E-state index in [2.05, 4.69) is 46.0 Å². The molecule has 1 heterocycles. The molecule has 0 aliphatic carbocycles. The molecule has 0 bridgehead atoms. The molecule has 2 rings (SSSR count). The summed E-state index contributed by atoms with van der Waals surface area (Å²) >= 11 is 3.59. The highest BCUT2D eigenvalue weighted by Crippen LogP contribution is 2.28. The Bertz CT molecular complexity index is 737. The summed E-state index contributed by atoms with van der Waals surface area (Å²) in [5.41, 5.74) is 0.954. The summed E-state index contributed by atoms with van der Waals surface area (Å²) in [4.78, 5) is 19.2. The quantitative estimate of drug-likeness (QED) is 0.626. The second-order valence-electron chi connectivity index (χ2n) is 7.55. The molecule has 6 heteroatoms. The molecule has 0 spiro atoms. The Labute approximate surface area is 164 Å². The molecule has 1 amide bonds. The number of rotatable bonds is 7. The summed E-state index contributed by atoms with van der Waals surface area (Å²) in [5, 5.41) is 4.02. The number of hydrogen-bond donors (Lipinski definition) is 0. The third-order valence-corrected chi connectivity index (χ3v) is 5.02. The van der Waals surface area contributed by atoms with Crippen LogP contribution < -0.4 is 0 Å². The molecule has 2 aromatic rings. The fourth-order valence-electron chi connectivity index (χ4n) is 2.78. The standard InChI is InChI=1S/C20H28BrN3O2/c1-6-13-24(14(2)15-9-7-8-10-16(15)21)18(25)12-11-17-22-19(23-26-17)20(3,4)5/h7-10,14H,6,11-13H2,1-5H3. The number of carbonyl (C=O) groups is 1. The molecule has 0 N–H and O–H groups in total. The second-order valence-corrected chi connectivity index (χ2v) is 8.40. The third kappa shape index (κ3) is 5.16. The van der Waals surface area contributed by atoms with Crippen molar-refractivity contribution in [3.05, 3.63) is 46.0 Å². The van der Waals surface area contributed by atoms with Crippen molar-refractivity contribution in [1.82, 2.24) is 15.0 Å². The normalized spacial score (nSPS) is 12.8. The lowest BCUT2D eigenvalue weighted by Gasteiger charge is -2.30. The highest BCUT2D eigenvalue weighted by molar-refractivity contribution is 9.10. The van der Waals surface area contributed by atoms with Crippen LogP contribution in [-0.4, -0.2) is 27.5 Å². The van der Waals surface area contributed by atoms with Crippen molar-refractivity contribution < 1.29 is 9.32 Å². The van der Waals surface area contributed by atoms with Gasteiger partial charge in [0.15, 0.2) is 5.82 Å². The number of amides is 1. The summed E-state index contributed by atoms with van der Waals surface area (Å²) in [6.07, 6.45) is 1.74. The van der Waals surface area contributed by atoms with Gasteiger partial charge in [-0.2, -0.15) is 4.98 Å². The van der Waals surface area contributed by atoms with Crippen molar-refractivity contribution in [1.29, 1.82) is 0 Å². The largest absolute Gasteiger partial charge is 0.339 e. The van der Waals surface area contributed by atoms with Gasteiger partial charge < -0.3 is 9.42 Å². The van der Waals surface area contributed by atoms with Crippen LogP contribution in [0, 0.1) is 0 Å². The number of benzene rings is 1. The molecule has 0 aliphatic heterocycles. The van der Waals surface area contributed by atoms with Crippen molar-refractivity contribution in [2.24, 2.45) is 0 Å². The van der Waals surface area contributed by atoms with E-state index >= 15 is 0 Å². The summed E-state index contributed by atoms with van der Waals surface area (Å²) < 4.78 is 6.33. The smallest absolute Gasteiger partial charge is 0.227 e. The van der Waals surface area contributed by atoms with E-state index in [0.29, 0.717) is 24.6 Å². The molecular weight excluding hydrogens is 394 g/mol. The van der Waals surface area contributed by atoms with Crippen molar-refractivity contribution >= 4 is 21.8 Å². The van der Waals surface area contributed by atoms with Gasteiger partial charge in [-0.05, 0) is 25.0 Å². The number of carbonyl (C=O) groups excluding carboxylic acids is 1. The lowest BCUT2D eigenvalue weighted by molar-refractivity contribution is -0.133. The first-order valence-corrected chi connectivity index (χ1v) is 9.90. The summed E-state index contributed by atoms with van der Waals surface area (Å²) in [5.74, 6) is 1.30. The van der Waals surface area contributed by atoms with Crippen LogP contribution in [0.5, 0.6) is 0 Å². The fraction of sp³-hybridized carbons (Fsp3) is 0.550. The number of nitrogens with zero attached hydrogens (tertiary/aromatic N) is 3. The van der Waals surface area contributed by atoms with Gasteiger partial charge in [-0.1, -0.05) is 67.0 Å². The van der Waals surface area contributed by atoms with Gasteiger partial charge in [-0.15, -0.1) is 0 Å². The molecule has 0 fully saturated rings. The third-order valence-electron chi connectivity index (χ3n) is 4.30. The molecule has 142 valence electrons. The SMILES string of the molecule is CCCN(C(=O)CCc1nc(C(C)(C)C)no1)C(C)c1ccccc1Br. The number of aryl methyl sites for hydroxylation is 1. The van der Waals surface area contributed by atoms with E-state index in [9.17, 15) is 4.79 Å². The van der Waals surface area contributed by atoms with E-state index in [1.807, 2.05) is 43.9 Å². The van der Waals surface area contributed by atoms with Gasteiger partial charge in [0.25, 0.3) is 0 Å². The molecule has 0 aliphatic rings. The minimum absolute atomic E-state index is 0.00541. The van der Waals surface area contributed by atoms with Crippen LogP contribution in [0.1, 0.15) is 70.8 Å². The Hall–Kier alpha value is -1.69. The molecule has 5 nitrogen and oxygen atoms in total. The van der Waals surface area contributed by atoms with Gasteiger partial charge >= 0.3 is 0 Å². The van der Waals surface area contributed by atoms with Crippen LogP contribution in [0.3, 0.4) is 0 Å². The van der Waals surface area contributed by atoms with E-state index in [4.69, 9.17) is 4.52 Å². The molecular formula is C20H28BrN3O2. The van der Waals surface area contributed by atoms with Gasteiger partial charge in [0, 0.05) is 29.3 Å². The van der Waals surface area contributed by atoms with Crippen molar-refractivity contribution in [3.8, 4) is 0 Å². The first kappa shape index (κ1) is 20.6. The molecule has 1 atom stereocenters. The first-order chi connectivity index (χ1) is 12.2. The average molecular weight is 422 g/mol. The van der Waals surface area contributed by atoms with Gasteiger partial charge in [0.2, 0.25) is 11.8 Å². The van der Waals surface area contributed by atoms with Gasteiger partial charge in [0.1, 0.15) is 0 Å². The summed E-state index contributed by atoms with van der Waals surface area (Å²) in [7, 11) is 0. The zero-order valence-corrected chi connectivity index (χ0v) is 17.8. The Morgan fingerprint density at radius 2 is 2.00 bits per heavy atom. The Morgan fingerprint density at radius 1 is 1.31 bits per heavy atom. The zero-order chi connectivity index (χ0) is 19.3. The lowest BCUT2D eigenvalue weighted by atomic mass is 9.96. The van der Waals surface area contributed by atoms with Crippen molar-refractivity contribution in [2.75, 3.05) is 6.54 Å². The van der Waals surface area contributed by atoms with Crippen molar-refractivity contribution in [3.63, 3.8) is 0 Å². The van der Waals surface area contributed by atoms with E-state index in [0.717, 1.165) is 23.0 Å². The maximum absolute atomic E-state index is 12.9. The van der Waals surface area contributed by atoms with E-state index in [1.54, 1.807) is 0 Å². The molecule has 1 aromatic heterocycles. The lowest BCUT2D eigenvalue weighted by Crippen LogP contribution is -2.34. The molecule has 0 saturated heterocycles. The highest BCUT2D eigenvalue weighted by Gasteiger charge is 2.24. The second kappa shape index (κ2) is 8.80. The minimum atomic E-state index is -0.159. The molecule has 1 unspecified atom stereocenters. The van der Waals surface area contributed by atoms with Crippen LogP contribution in [0.4, 0.5) is 0 Å².